The quantitative estimate of drug-likeness (QED) is 0.861. The second kappa shape index (κ2) is 5.20. The first-order valence-corrected chi connectivity index (χ1v) is 7.04. The Bertz CT molecular complexity index is 456. The monoisotopic (exact) mass is 267 g/mol. The highest BCUT2D eigenvalue weighted by Crippen LogP contribution is 2.42. The van der Waals surface area contributed by atoms with Gasteiger partial charge in [0.25, 0.3) is 0 Å². The van der Waals surface area contributed by atoms with Crippen LogP contribution in [0.5, 0.6) is 0 Å². The molecule has 19 heavy (non-hydrogen) atoms. The van der Waals surface area contributed by atoms with Crippen molar-refractivity contribution in [1.29, 1.82) is 0 Å². The average molecular weight is 267 g/mol. The Morgan fingerprint density at radius 2 is 1.89 bits per heavy atom. The van der Waals surface area contributed by atoms with E-state index in [0.29, 0.717) is 11.5 Å². The minimum absolute atomic E-state index is 0.0569. The number of hydrogen-bond donors (Lipinski definition) is 1. The molecule has 1 aliphatic carbocycles. The third-order valence-electron chi connectivity index (χ3n) is 4.73. The zero-order valence-corrected chi connectivity index (χ0v) is 11.9. The third-order valence-corrected chi connectivity index (χ3v) is 4.73. The van der Waals surface area contributed by atoms with Crippen LogP contribution in [0.1, 0.15) is 45.6 Å². The summed E-state index contributed by atoms with van der Waals surface area (Å²) in [5, 5.41) is 0. The minimum Gasteiger partial charge on any atom is -0.327 e. The van der Waals surface area contributed by atoms with Crippen molar-refractivity contribution in [1.82, 2.24) is 0 Å². The SMILES string of the molecule is CC1CCC(C(C)(C)c2cccc(F)c2F)C(N)C1. The number of halogens is 2. The molecule has 0 amide bonds. The van der Waals surface area contributed by atoms with Crippen LogP contribution < -0.4 is 5.73 Å². The summed E-state index contributed by atoms with van der Waals surface area (Å²) >= 11 is 0. The molecule has 106 valence electrons. The molecular formula is C16H23F2N. The molecule has 1 aliphatic rings. The molecule has 3 unspecified atom stereocenters. The number of nitrogens with two attached hydrogens (primary N) is 1. The first kappa shape index (κ1) is 14.4. The van der Waals surface area contributed by atoms with Crippen LogP contribution in [-0.4, -0.2) is 6.04 Å². The highest BCUT2D eigenvalue weighted by Gasteiger charge is 2.40. The highest BCUT2D eigenvalue weighted by atomic mass is 19.2. The van der Waals surface area contributed by atoms with Gasteiger partial charge in [-0.25, -0.2) is 8.78 Å². The standard InChI is InChI=1S/C16H23F2N/c1-10-7-8-11(14(19)9-10)16(2,3)12-5-4-6-13(17)15(12)18/h4-6,10-11,14H,7-9,19H2,1-3H3. The predicted octanol–water partition coefficient (Wildman–Crippen LogP) is 4.01. The maximum absolute atomic E-state index is 14.0. The van der Waals surface area contributed by atoms with Crippen molar-refractivity contribution in [2.75, 3.05) is 0 Å². The van der Waals surface area contributed by atoms with Gasteiger partial charge in [-0.1, -0.05) is 39.3 Å². The highest BCUT2D eigenvalue weighted by molar-refractivity contribution is 5.28. The second-order valence-corrected chi connectivity index (χ2v) is 6.51. The smallest absolute Gasteiger partial charge is 0.162 e. The number of hydrogen-bond acceptors (Lipinski definition) is 1. The Labute approximate surface area is 114 Å². The van der Waals surface area contributed by atoms with E-state index in [-0.39, 0.29) is 12.0 Å². The summed E-state index contributed by atoms with van der Waals surface area (Å²) < 4.78 is 27.5. The Morgan fingerprint density at radius 3 is 2.53 bits per heavy atom. The molecule has 1 saturated carbocycles. The fraction of sp³-hybridized carbons (Fsp3) is 0.625. The van der Waals surface area contributed by atoms with Gasteiger partial charge in [-0.2, -0.15) is 0 Å². The van der Waals surface area contributed by atoms with Gasteiger partial charge in [0.2, 0.25) is 0 Å². The van der Waals surface area contributed by atoms with Gasteiger partial charge in [0, 0.05) is 6.04 Å². The Balaban J connectivity index is 2.33. The van der Waals surface area contributed by atoms with Crippen LogP contribution in [0.15, 0.2) is 18.2 Å². The molecule has 0 heterocycles. The Hall–Kier alpha value is -0.960. The second-order valence-electron chi connectivity index (χ2n) is 6.51. The van der Waals surface area contributed by atoms with Crippen molar-refractivity contribution in [3.8, 4) is 0 Å². The molecule has 0 radical (unpaired) electrons. The van der Waals surface area contributed by atoms with Crippen molar-refractivity contribution < 1.29 is 8.78 Å². The summed E-state index contributed by atoms with van der Waals surface area (Å²) in [6, 6.07) is 4.48. The third kappa shape index (κ3) is 2.66. The molecule has 1 nitrogen and oxygen atoms in total. The van der Waals surface area contributed by atoms with E-state index in [4.69, 9.17) is 5.73 Å². The molecule has 2 N–H and O–H groups in total. The lowest BCUT2D eigenvalue weighted by Gasteiger charge is -2.43. The van der Waals surface area contributed by atoms with E-state index in [1.54, 1.807) is 12.1 Å². The molecule has 3 heteroatoms. The maximum atomic E-state index is 14.0. The van der Waals surface area contributed by atoms with Gasteiger partial charge in [-0.15, -0.1) is 0 Å². The predicted molar refractivity (Wildman–Crippen MR) is 73.9 cm³/mol. The maximum Gasteiger partial charge on any atom is 0.162 e. The van der Waals surface area contributed by atoms with E-state index >= 15 is 0 Å². The minimum atomic E-state index is -0.775. The lowest BCUT2D eigenvalue weighted by atomic mass is 9.64. The fourth-order valence-corrected chi connectivity index (χ4v) is 3.52. The summed E-state index contributed by atoms with van der Waals surface area (Å²) in [6.07, 6.45) is 3.05. The molecule has 2 rings (SSSR count). The van der Waals surface area contributed by atoms with Crippen molar-refractivity contribution in [3.63, 3.8) is 0 Å². The lowest BCUT2D eigenvalue weighted by molar-refractivity contribution is 0.167. The van der Waals surface area contributed by atoms with Gasteiger partial charge in [-0.05, 0) is 41.7 Å². The van der Waals surface area contributed by atoms with Crippen molar-refractivity contribution in [3.05, 3.63) is 35.4 Å². The Kier molecular flexibility index (Phi) is 3.95. The van der Waals surface area contributed by atoms with E-state index in [1.807, 2.05) is 13.8 Å². The van der Waals surface area contributed by atoms with E-state index in [2.05, 4.69) is 6.92 Å². The number of rotatable bonds is 2. The van der Waals surface area contributed by atoms with Crippen LogP contribution in [0.2, 0.25) is 0 Å². The molecule has 1 aromatic carbocycles. The molecule has 0 saturated heterocycles. The average Bonchev–Trinajstić information content (AvgIpc) is 2.31. The van der Waals surface area contributed by atoms with E-state index in [1.165, 1.54) is 0 Å². The van der Waals surface area contributed by atoms with E-state index in [9.17, 15) is 8.78 Å². The summed E-state index contributed by atoms with van der Waals surface area (Å²) in [5.41, 5.74) is 6.27. The van der Waals surface area contributed by atoms with Gasteiger partial charge in [0.1, 0.15) is 0 Å². The summed E-state index contributed by atoms with van der Waals surface area (Å²) in [5.74, 6) is -0.680. The summed E-state index contributed by atoms with van der Waals surface area (Å²) in [4.78, 5) is 0. The van der Waals surface area contributed by atoms with Gasteiger partial charge < -0.3 is 5.73 Å². The first-order valence-electron chi connectivity index (χ1n) is 7.04. The van der Waals surface area contributed by atoms with Gasteiger partial charge in [-0.3, -0.25) is 0 Å². The molecular weight excluding hydrogens is 244 g/mol. The van der Waals surface area contributed by atoms with Crippen LogP contribution in [0.4, 0.5) is 8.78 Å². The summed E-state index contributed by atoms with van der Waals surface area (Å²) in [6.45, 7) is 6.16. The van der Waals surface area contributed by atoms with E-state index in [0.717, 1.165) is 25.3 Å². The van der Waals surface area contributed by atoms with Gasteiger partial charge in [0.15, 0.2) is 11.6 Å². The molecule has 3 atom stereocenters. The van der Waals surface area contributed by atoms with Crippen LogP contribution in [0.3, 0.4) is 0 Å². The zero-order chi connectivity index (χ0) is 14.2. The molecule has 1 fully saturated rings. The normalized spacial score (nSPS) is 28.4. The van der Waals surface area contributed by atoms with Crippen molar-refractivity contribution in [2.24, 2.45) is 17.6 Å². The van der Waals surface area contributed by atoms with Crippen molar-refractivity contribution >= 4 is 0 Å². The molecule has 0 spiro atoms. The van der Waals surface area contributed by atoms with Crippen LogP contribution >= 0.6 is 0 Å². The van der Waals surface area contributed by atoms with E-state index < -0.39 is 17.0 Å². The zero-order valence-electron chi connectivity index (χ0n) is 11.9. The molecule has 0 aliphatic heterocycles. The topological polar surface area (TPSA) is 26.0 Å². The molecule has 0 aromatic heterocycles. The van der Waals surface area contributed by atoms with Crippen molar-refractivity contribution in [2.45, 2.75) is 51.5 Å². The van der Waals surface area contributed by atoms with Gasteiger partial charge in [0.05, 0.1) is 0 Å². The van der Waals surface area contributed by atoms with Crippen LogP contribution in [0, 0.1) is 23.5 Å². The largest absolute Gasteiger partial charge is 0.327 e. The molecule has 0 bridgehead atoms. The Morgan fingerprint density at radius 1 is 1.21 bits per heavy atom. The van der Waals surface area contributed by atoms with Crippen LogP contribution in [0.25, 0.3) is 0 Å². The van der Waals surface area contributed by atoms with Crippen LogP contribution in [-0.2, 0) is 5.41 Å². The summed E-state index contributed by atoms with van der Waals surface area (Å²) in [7, 11) is 0. The lowest BCUT2D eigenvalue weighted by Crippen LogP contribution is -2.46. The molecule has 1 aromatic rings. The first-order chi connectivity index (χ1) is 8.84. The fourth-order valence-electron chi connectivity index (χ4n) is 3.52. The van der Waals surface area contributed by atoms with Gasteiger partial charge >= 0.3 is 0 Å². The number of benzene rings is 1.